The van der Waals surface area contributed by atoms with Crippen molar-refractivity contribution in [1.29, 1.82) is 0 Å². The Labute approximate surface area is 154 Å². The second-order valence-corrected chi connectivity index (χ2v) is 6.40. The first-order valence-corrected chi connectivity index (χ1v) is 9.00. The average molecular weight is 384 g/mol. The van der Waals surface area contributed by atoms with Crippen molar-refractivity contribution >= 4 is 29.0 Å². The van der Waals surface area contributed by atoms with Crippen LogP contribution in [-0.4, -0.2) is 31.0 Å². The van der Waals surface area contributed by atoms with E-state index in [4.69, 9.17) is 4.74 Å². The summed E-state index contributed by atoms with van der Waals surface area (Å²) >= 11 is 1.57. The number of halogens is 3. The Bertz CT molecular complexity index is 753. The van der Waals surface area contributed by atoms with E-state index in [-0.39, 0.29) is 11.7 Å². The Morgan fingerprint density at radius 2 is 1.85 bits per heavy atom. The van der Waals surface area contributed by atoms with Crippen LogP contribution in [0, 0.1) is 0 Å². The van der Waals surface area contributed by atoms with Gasteiger partial charge in [0.2, 0.25) is 5.91 Å². The Morgan fingerprint density at radius 1 is 1.15 bits per heavy atom. The zero-order valence-corrected chi connectivity index (χ0v) is 15.1. The minimum atomic E-state index is -4.40. The lowest BCUT2D eigenvalue weighted by Crippen LogP contribution is -2.31. The minimum Gasteiger partial charge on any atom is -0.484 e. The molecule has 0 aliphatic carbocycles. The lowest BCUT2D eigenvalue weighted by atomic mass is 10.2. The van der Waals surface area contributed by atoms with E-state index in [1.54, 1.807) is 36.9 Å². The molecule has 0 aromatic heterocycles. The summed E-state index contributed by atoms with van der Waals surface area (Å²) in [7, 11) is 0. The van der Waals surface area contributed by atoms with Crippen LogP contribution >= 0.6 is 11.8 Å². The average Bonchev–Trinajstić information content (AvgIpc) is 2.60. The number of hydrogen-bond donors (Lipinski definition) is 2. The molecule has 0 saturated carbocycles. The number of nitrogens with one attached hydrogen (secondary N) is 2. The standard InChI is InChI=1S/C18H19F3N2O2S/c1-12(17(24)23-14-6-4-8-16(10-14)26-2)22-13-5-3-7-15(9-13)25-11-18(19,20)21/h3-10,12,22H,11H2,1-2H3,(H,23,24). The number of anilines is 2. The number of ether oxygens (including phenoxy) is 1. The Morgan fingerprint density at radius 3 is 2.54 bits per heavy atom. The molecule has 1 unspecified atom stereocenters. The van der Waals surface area contributed by atoms with E-state index in [0.29, 0.717) is 11.4 Å². The number of thioether (sulfide) groups is 1. The van der Waals surface area contributed by atoms with Crippen molar-refractivity contribution in [1.82, 2.24) is 0 Å². The van der Waals surface area contributed by atoms with E-state index in [2.05, 4.69) is 10.6 Å². The van der Waals surface area contributed by atoms with Crippen molar-refractivity contribution in [2.45, 2.75) is 24.0 Å². The molecule has 2 aromatic carbocycles. The molecule has 2 N–H and O–H groups in total. The molecule has 140 valence electrons. The summed E-state index contributed by atoms with van der Waals surface area (Å²) in [6, 6.07) is 12.9. The third kappa shape index (κ3) is 6.51. The van der Waals surface area contributed by atoms with Crippen LogP contribution in [0.15, 0.2) is 53.4 Å². The highest BCUT2D eigenvalue weighted by molar-refractivity contribution is 7.98. The van der Waals surface area contributed by atoms with Gasteiger partial charge in [0.25, 0.3) is 0 Å². The van der Waals surface area contributed by atoms with Gasteiger partial charge in [0, 0.05) is 22.3 Å². The van der Waals surface area contributed by atoms with Crippen LogP contribution in [0.4, 0.5) is 24.5 Å². The van der Waals surface area contributed by atoms with Gasteiger partial charge >= 0.3 is 6.18 Å². The van der Waals surface area contributed by atoms with Gasteiger partial charge in [0.1, 0.15) is 11.8 Å². The number of benzene rings is 2. The van der Waals surface area contributed by atoms with Gasteiger partial charge in [-0.1, -0.05) is 12.1 Å². The third-order valence-corrected chi connectivity index (χ3v) is 4.08. The van der Waals surface area contributed by atoms with Gasteiger partial charge in [-0.3, -0.25) is 4.79 Å². The van der Waals surface area contributed by atoms with Crippen molar-refractivity contribution in [3.8, 4) is 5.75 Å². The highest BCUT2D eigenvalue weighted by Crippen LogP contribution is 2.22. The number of rotatable bonds is 7. The zero-order valence-electron chi connectivity index (χ0n) is 14.3. The van der Waals surface area contributed by atoms with Gasteiger partial charge in [-0.05, 0) is 43.5 Å². The monoisotopic (exact) mass is 384 g/mol. The van der Waals surface area contributed by atoms with E-state index >= 15 is 0 Å². The first-order valence-electron chi connectivity index (χ1n) is 7.78. The topological polar surface area (TPSA) is 50.4 Å². The number of amides is 1. The molecule has 2 rings (SSSR count). The molecule has 0 aliphatic rings. The minimum absolute atomic E-state index is 0.0765. The fourth-order valence-electron chi connectivity index (χ4n) is 2.11. The largest absolute Gasteiger partial charge is 0.484 e. The molecule has 0 bridgehead atoms. The van der Waals surface area contributed by atoms with Crippen LogP contribution in [-0.2, 0) is 4.79 Å². The Balaban J connectivity index is 1.95. The highest BCUT2D eigenvalue weighted by atomic mass is 32.2. The lowest BCUT2D eigenvalue weighted by molar-refractivity contribution is -0.153. The zero-order chi connectivity index (χ0) is 19.2. The summed E-state index contributed by atoms with van der Waals surface area (Å²) in [6.07, 6.45) is -2.46. The molecule has 0 aliphatic heterocycles. The van der Waals surface area contributed by atoms with E-state index in [9.17, 15) is 18.0 Å². The second-order valence-electron chi connectivity index (χ2n) is 5.52. The molecule has 8 heteroatoms. The summed E-state index contributed by atoms with van der Waals surface area (Å²) in [5.74, 6) is -0.183. The van der Waals surface area contributed by atoms with Crippen molar-refractivity contribution in [2.24, 2.45) is 0 Å². The van der Waals surface area contributed by atoms with Crippen LogP contribution in [0.2, 0.25) is 0 Å². The number of carbonyl (C=O) groups excluding carboxylic acids is 1. The number of carbonyl (C=O) groups is 1. The second kappa shape index (κ2) is 8.84. The molecular formula is C18H19F3N2O2S. The molecule has 0 radical (unpaired) electrons. The predicted molar refractivity (Wildman–Crippen MR) is 97.9 cm³/mol. The quantitative estimate of drug-likeness (QED) is 0.674. The summed E-state index contributed by atoms with van der Waals surface area (Å²) in [6.45, 7) is 0.301. The molecule has 1 amide bonds. The van der Waals surface area contributed by atoms with Crippen molar-refractivity contribution < 1.29 is 22.7 Å². The van der Waals surface area contributed by atoms with Crippen molar-refractivity contribution in [3.63, 3.8) is 0 Å². The van der Waals surface area contributed by atoms with E-state index in [1.807, 2.05) is 24.5 Å². The molecule has 4 nitrogen and oxygen atoms in total. The van der Waals surface area contributed by atoms with Gasteiger partial charge in [-0.2, -0.15) is 13.2 Å². The fraction of sp³-hybridized carbons (Fsp3) is 0.278. The van der Waals surface area contributed by atoms with Crippen LogP contribution in [0.25, 0.3) is 0 Å². The molecule has 0 spiro atoms. The van der Waals surface area contributed by atoms with E-state index < -0.39 is 18.8 Å². The first kappa shape index (κ1) is 20.0. The summed E-state index contributed by atoms with van der Waals surface area (Å²) in [5, 5.41) is 5.75. The van der Waals surface area contributed by atoms with Gasteiger partial charge in [0.15, 0.2) is 6.61 Å². The highest BCUT2D eigenvalue weighted by Gasteiger charge is 2.28. The smallest absolute Gasteiger partial charge is 0.422 e. The molecule has 1 atom stereocenters. The van der Waals surface area contributed by atoms with Gasteiger partial charge in [-0.15, -0.1) is 11.8 Å². The maximum atomic E-state index is 12.3. The molecule has 0 fully saturated rings. The maximum Gasteiger partial charge on any atom is 0.422 e. The summed E-state index contributed by atoms with van der Waals surface area (Å²) < 4.78 is 41.4. The van der Waals surface area contributed by atoms with Crippen molar-refractivity contribution in [3.05, 3.63) is 48.5 Å². The first-order chi connectivity index (χ1) is 12.3. The Kier molecular flexibility index (Phi) is 6.79. The lowest BCUT2D eigenvalue weighted by Gasteiger charge is -2.16. The van der Waals surface area contributed by atoms with Gasteiger partial charge in [0.05, 0.1) is 0 Å². The van der Waals surface area contributed by atoms with Crippen LogP contribution < -0.4 is 15.4 Å². The SMILES string of the molecule is CSc1cccc(NC(=O)C(C)Nc2cccc(OCC(F)(F)F)c2)c1. The number of alkyl halides is 3. The van der Waals surface area contributed by atoms with E-state index in [0.717, 1.165) is 4.90 Å². The predicted octanol–water partition coefficient (Wildman–Crippen LogP) is 4.79. The summed E-state index contributed by atoms with van der Waals surface area (Å²) in [5.41, 5.74) is 1.17. The fourth-order valence-corrected chi connectivity index (χ4v) is 2.57. The molecule has 2 aromatic rings. The molecular weight excluding hydrogens is 365 g/mol. The maximum absolute atomic E-state index is 12.3. The van der Waals surface area contributed by atoms with Crippen LogP contribution in [0.1, 0.15) is 6.92 Å². The van der Waals surface area contributed by atoms with Gasteiger partial charge in [-0.25, -0.2) is 0 Å². The van der Waals surface area contributed by atoms with Gasteiger partial charge < -0.3 is 15.4 Å². The molecule has 26 heavy (non-hydrogen) atoms. The van der Waals surface area contributed by atoms with E-state index in [1.165, 1.54) is 12.1 Å². The van der Waals surface area contributed by atoms with Crippen LogP contribution in [0.3, 0.4) is 0 Å². The van der Waals surface area contributed by atoms with Crippen molar-refractivity contribution in [2.75, 3.05) is 23.5 Å². The molecule has 0 heterocycles. The normalized spacial score (nSPS) is 12.3. The number of hydrogen-bond acceptors (Lipinski definition) is 4. The van der Waals surface area contributed by atoms with Crippen LogP contribution in [0.5, 0.6) is 5.75 Å². The summed E-state index contributed by atoms with van der Waals surface area (Å²) in [4.78, 5) is 13.3. The third-order valence-electron chi connectivity index (χ3n) is 3.35. The molecule has 0 saturated heterocycles. The Hall–Kier alpha value is -2.35.